The second kappa shape index (κ2) is 7.22. The molecular formula is C14H16Cl2N2S. The molecule has 0 saturated carbocycles. The highest BCUT2D eigenvalue weighted by atomic mass is 35.5. The van der Waals surface area contributed by atoms with Crippen LogP contribution < -0.4 is 0 Å². The summed E-state index contributed by atoms with van der Waals surface area (Å²) in [5.74, 6) is 1.52. The molecule has 102 valence electrons. The van der Waals surface area contributed by atoms with Gasteiger partial charge in [0.2, 0.25) is 0 Å². The Hall–Kier alpha value is -0.640. The van der Waals surface area contributed by atoms with Gasteiger partial charge in [0.1, 0.15) is 0 Å². The molecule has 0 aliphatic heterocycles. The summed E-state index contributed by atoms with van der Waals surface area (Å²) in [6.45, 7) is 2.88. The van der Waals surface area contributed by atoms with Gasteiger partial charge in [0.15, 0.2) is 5.16 Å². The van der Waals surface area contributed by atoms with E-state index in [0.29, 0.717) is 12.4 Å². The number of halogens is 2. The summed E-state index contributed by atoms with van der Waals surface area (Å²) in [7, 11) is 0. The van der Waals surface area contributed by atoms with Crippen LogP contribution in [-0.4, -0.2) is 15.3 Å². The van der Waals surface area contributed by atoms with E-state index in [-0.39, 0.29) is 0 Å². The number of alkyl halides is 1. The lowest BCUT2D eigenvalue weighted by molar-refractivity contribution is 0.685. The lowest BCUT2D eigenvalue weighted by Crippen LogP contribution is -2.05. The molecule has 0 amide bonds. The van der Waals surface area contributed by atoms with Crippen molar-refractivity contribution in [2.24, 2.45) is 0 Å². The van der Waals surface area contributed by atoms with Crippen molar-refractivity contribution in [3.63, 3.8) is 0 Å². The van der Waals surface area contributed by atoms with E-state index >= 15 is 0 Å². The van der Waals surface area contributed by atoms with E-state index in [1.807, 2.05) is 30.5 Å². The molecule has 5 heteroatoms. The minimum Gasteiger partial charge on any atom is -0.317 e. The summed E-state index contributed by atoms with van der Waals surface area (Å²) in [6.07, 6.45) is 2.97. The first-order chi connectivity index (χ1) is 9.26. The van der Waals surface area contributed by atoms with Gasteiger partial charge in [-0.3, -0.25) is 0 Å². The number of thioether (sulfide) groups is 1. The number of imidazole rings is 1. The Kier molecular flexibility index (Phi) is 5.61. The zero-order valence-corrected chi connectivity index (χ0v) is 13.1. The van der Waals surface area contributed by atoms with Crippen molar-refractivity contribution in [1.82, 2.24) is 9.55 Å². The number of aromatic nitrogens is 2. The molecule has 2 aromatic rings. The first-order valence-electron chi connectivity index (χ1n) is 6.22. The fourth-order valence-corrected chi connectivity index (χ4v) is 3.03. The molecule has 0 spiro atoms. The lowest BCUT2D eigenvalue weighted by Gasteiger charge is -2.11. The number of hydrogen-bond acceptors (Lipinski definition) is 2. The third-order valence-corrected chi connectivity index (χ3v) is 4.60. The summed E-state index contributed by atoms with van der Waals surface area (Å²) in [5.41, 5.74) is 2.12. The Labute approximate surface area is 128 Å². The van der Waals surface area contributed by atoms with Crippen molar-refractivity contribution in [3.8, 4) is 0 Å². The van der Waals surface area contributed by atoms with Crippen molar-refractivity contribution >= 4 is 35.0 Å². The van der Waals surface area contributed by atoms with Crippen LogP contribution >= 0.6 is 35.0 Å². The minimum atomic E-state index is 0.462. The molecule has 1 heterocycles. The molecule has 0 saturated heterocycles. The first kappa shape index (κ1) is 14.8. The topological polar surface area (TPSA) is 17.8 Å². The molecule has 2 nitrogen and oxygen atoms in total. The normalized spacial score (nSPS) is 10.9. The molecule has 1 aromatic heterocycles. The van der Waals surface area contributed by atoms with Crippen LogP contribution in [0, 0.1) is 0 Å². The van der Waals surface area contributed by atoms with Gasteiger partial charge < -0.3 is 4.57 Å². The minimum absolute atomic E-state index is 0.462. The largest absolute Gasteiger partial charge is 0.317 e. The maximum atomic E-state index is 6.22. The Balaban J connectivity index is 2.27. The molecule has 0 unspecified atom stereocenters. The molecule has 0 aliphatic rings. The highest BCUT2D eigenvalue weighted by molar-refractivity contribution is 7.99. The maximum absolute atomic E-state index is 6.22. The molecule has 0 bridgehead atoms. The molecule has 0 fully saturated rings. The summed E-state index contributed by atoms with van der Waals surface area (Å²) < 4.78 is 2.15. The third-order valence-electron chi connectivity index (χ3n) is 2.76. The highest BCUT2D eigenvalue weighted by Gasteiger charge is 2.11. The molecule has 0 atom stereocenters. The van der Waals surface area contributed by atoms with Crippen LogP contribution in [0.2, 0.25) is 5.02 Å². The van der Waals surface area contributed by atoms with Gasteiger partial charge in [-0.05, 0) is 18.1 Å². The predicted octanol–water partition coefficient (Wildman–Crippen LogP) is 4.83. The van der Waals surface area contributed by atoms with E-state index in [2.05, 4.69) is 16.5 Å². The van der Waals surface area contributed by atoms with Crippen LogP contribution in [-0.2, 0) is 12.4 Å². The average molecular weight is 315 g/mol. The van der Waals surface area contributed by atoms with Gasteiger partial charge in [0.25, 0.3) is 0 Å². The predicted molar refractivity (Wildman–Crippen MR) is 83.4 cm³/mol. The Morgan fingerprint density at radius 3 is 2.79 bits per heavy atom. The van der Waals surface area contributed by atoms with Crippen LogP contribution in [0.1, 0.15) is 24.6 Å². The van der Waals surface area contributed by atoms with Crippen LogP contribution in [0.3, 0.4) is 0 Å². The van der Waals surface area contributed by atoms with Crippen molar-refractivity contribution in [3.05, 3.63) is 46.7 Å². The van der Waals surface area contributed by atoms with Gasteiger partial charge in [0, 0.05) is 10.8 Å². The van der Waals surface area contributed by atoms with Crippen LogP contribution in [0.4, 0.5) is 0 Å². The van der Waals surface area contributed by atoms with Crippen LogP contribution in [0.5, 0.6) is 0 Å². The first-order valence-corrected chi connectivity index (χ1v) is 8.12. The van der Waals surface area contributed by atoms with Crippen LogP contribution in [0.25, 0.3) is 0 Å². The molecule has 19 heavy (non-hydrogen) atoms. The van der Waals surface area contributed by atoms with E-state index < -0.39 is 0 Å². The smallest absolute Gasteiger partial charge is 0.168 e. The molecule has 1 aromatic carbocycles. The van der Waals surface area contributed by atoms with E-state index in [1.165, 1.54) is 0 Å². The summed E-state index contributed by atoms with van der Waals surface area (Å²) in [4.78, 5) is 4.45. The second-order valence-electron chi connectivity index (χ2n) is 4.19. The van der Waals surface area contributed by atoms with Crippen molar-refractivity contribution in [2.45, 2.75) is 30.9 Å². The monoisotopic (exact) mass is 314 g/mol. The molecule has 0 radical (unpaired) electrons. The number of benzene rings is 1. The summed E-state index contributed by atoms with van der Waals surface area (Å²) in [5, 5.41) is 1.79. The highest BCUT2D eigenvalue weighted by Crippen LogP contribution is 2.24. The fourth-order valence-electron chi connectivity index (χ4n) is 1.77. The van der Waals surface area contributed by atoms with Gasteiger partial charge >= 0.3 is 0 Å². The SMILES string of the molecule is CCCSc1ncc(CCl)n1Cc1ccccc1Cl. The maximum Gasteiger partial charge on any atom is 0.168 e. The molecule has 0 N–H and O–H groups in total. The molecule has 2 rings (SSSR count). The lowest BCUT2D eigenvalue weighted by atomic mass is 10.2. The van der Waals surface area contributed by atoms with Crippen molar-refractivity contribution in [2.75, 3.05) is 5.75 Å². The van der Waals surface area contributed by atoms with Gasteiger partial charge in [-0.2, -0.15) is 0 Å². The van der Waals surface area contributed by atoms with Crippen LogP contribution in [0.15, 0.2) is 35.6 Å². The fraction of sp³-hybridized carbons (Fsp3) is 0.357. The quantitative estimate of drug-likeness (QED) is 0.561. The van der Waals surface area contributed by atoms with Gasteiger partial charge in [-0.15, -0.1) is 11.6 Å². The van der Waals surface area contributed by atoms with E-state index in [1.54, 1.807) is 11.8 Å². The number of rotatable bonds is 6. The van der Waals surface area contributed by atoms with Gasteiger partial charge in [-0.25, -0.2) is 4.98 Å². The molecular weight excluding hydrogens is 299 g/mol. The van der Waals surface area contributed by atoms with E-state index in [9.17, 15) is 0 Å². The molecule has 0 aliphatic carbocycles. The van der Waals surface area contributed by atoms with E-state index in [4.69, 9.17) is 23.2 Å². The number of nitrogens with zero attached hydrogens (tertiary/aromatic N) is 2. The summed E-state index contributed by atoms with van der Waals surface area (Å²) >= 11 is 14.0. The Morgan fingerprint density at radius 1 is 1.32 bits per heavy atom. The van der Waals surface area contributed by atoms with E-state index in [0.717, 1.165) is 33.6 Å². The van der Waals surface area contributed by atoms with Gasteiger partial charge in [0.05, 0.1) is 24.3 Å². The third kappa shape index (κ3) is 3.68. The zero-order valence-electron chi connectivity index (χ0n) is 10.8. The second-order valence-corrected chi connectivity index (χ2v) is 5.93. The average Bonchev–Trinajstić information content (AvgIpc) is 2.81. The van der Waals surface area contributed by atoms with Crippen molar-refractivity contribution in [1.29, 1.82) is 0 Å². The number of hydrogen-bond donors (Lipinski definition) is 0. The van der Waals surface area contributed by atoms with Gasteiger partial charge in [-0.1, -0.05) is 48.5 Å². The summed E-state index contributed by atoms with van der Waals surface area (Å²) in [6, 6.07) is 7.88. The Bertz CT molecular complexity index is 540. The Morgan fingerprint density at radius 2 is 2.11 bits per heavy atom. The zero-order chi connectivity index (χ0) is 13.7. The standard InChI is InChI=1S/C14H16Cl2N2S/c1-2-7-19-14-17-9-12(8-15)18(14)10-11-5-3-4-6-13(11)16/h3-6,9H,2,7-8,10H2,1H3. The van der Waals surface area contributed by atoms with Crippen molar-refractivity contribution < 1.29 is 0 Å².